The fourth-order valence-corrected chi connectivity index (χ4v) is 2.30. The monoisotopic (exact) mass is 325 g/mol. The van der Waals surface area contributed by atoms with Gasteiger partial charge in [-0.05, 0) is 25.3 Å². The number of phenolic OH excluding ortho intramolecular Hbond substituents is 1. The van der Waals surface area contributed by atoms with Crippen LogP contribution in [-0.4, -0.2) is 24.1 Å². The second-order valence-electron chi connectivity index (χ2n) is 4.70. The molecule has 1 aromatic rings. The maximum absolute atomic E-state index is 11.7. The lowest BCUT2D eigenvalue weighted by atomic mass is 10.0. The second-order valence-corrected chi connectivity index (χ2v) is 5.11. The largest absolute Gasteiger partial charge is 0.507 e. The van der Waals surface area contributed by atoms with Crippen LogP contribution in [0.4, 0.5) is 5.69 Å². The van der Waals surface area contributed by atoms with Crippen LogP contribution in [0.25, 0.3) is 0 Å². The summed E-state index contributed by atoms with van der Waals surface area (Å²) in [5.41, 5.74) is 0.726. The van der Waals surface area contributed by atoms with Gasteiger partial charge in [-0.2, -0.15) is 0 Å². The Labute approximate surface area is 134 Å². The zero-order valence-electron chi connectivity index (χ0n) is 12.9. The number of aromatic hydroxyl groups is 1. The molecular weight excluding hydrogens is 306 g/mol. The molecule has 6 heteroatoms. The lowest BCUT2D eigenvalue weighted by molar-refractivity contribution is -0.114. The molecule has 1 amide bonds. The first-order valence-corrected chi connectivity index (χ1v) is 7.35. The molecule has 0 fully saturated rings. The van der Waals surface area contributed by atoms with Gasteiger partial charge in [0.2, 0.25) is 5.91 Å². The fraction of sp³-hybridized carbons (Fsp3) is 0.375. The van der Waals surface area contributed by atoms with E-state index in [0.717, 1.165) is 6.42 Å². The molecule has 0 saturated heterocycles. The van der Waals surface area contributed by atoms with Crippen LogP contribution in [0, 0.1) is 0 Å². The number of benzene rings is 1. The topological polar surface area (TPSA) is 75.6 Å². The molecule has 0 aliphatic rings. The first kappa shape index (κ1) is 18.0. The van der Waals surface area contributed by atoms with Gasteiger partial charge in [-0.3, -0.25) is 4.79 Å². The molecule has 0 aliphatic carbocycles. The van der Waals surface area contributed by atoms with E-state index < -0.39 is 5.97 Å². The van der Waals surface area contributed by atoms with Crippen molar-refractivity contribution in [1.29, 1.82) is 0 Å². The van der Waals surface area contributed by atoms with E-state index in [1.54, 1.807) is 0 Å². The molecule has 0 spiro atoms. The maximum atomic E-state index is 11.7. The highest BCUT2D eigenvalue weighted by molar-refractivity contribution is 6.34. The standard InChI is InChI=1S/C16H20ClNO4/c1-4-5-6-7-8-11-14(18-10(2)19)13(17)9-12(15(11)20)16(21)22-3/h5-6,9,20H,4,7-8H2,1-3H3,(H,18,19). The molecule has 0 aromatic heterocycles. The Morgan fingerprint density at radius 1 is 1.41 bits per heavy atom. The number of esters is 1. The summed E-state index contributed by atoms with van der Waals surface area (Å²) in [6, 6.07) is 1.29. The summed E-state index contributed by atoms with van der Waals surface area (Å²) in [5, 5.41) is 13.1. The molecule has 2 N–H and O–H groups in total. The zero-order valence-corrected chi connectivity index (χ0v) is 13.7. The number of ether oxygens (including phenoxy) is 1. The number of allylic oxidation sites excluding steroid dienone is 2. The molecule has 1 aromatic carbocycles. The van der Waals surface area contributed by atoms with Crippen molar-refractivity contribution in [1.82, 2.24) is 0 Å². The van der Waals surface area contributed by atoms with Gasteiger partial charge in [0, 0.05) is 12.5 Å². The molecule has 5 nitrogen and oxygen atoms in total. The average molecular weight is 326 g/mol. The number of methoxy groups -OCH3 is 1. The van der Waals surface area contributed by atoms with Gasteiger partial charge in [0.25, 0.3) is 0 Å². The first-order valence-electron chi connectivity index (χ1n) is 6.97. The molecule has 0 unspecified atom stereocenters. The molecule has 0 bridgehead atoms. The smallest absolute Gasteiger partial charge is 0.341 e. The zero-order chi connectivity index (χ0) is 16.7. The summed E-state index contributed by atoms with van der Waals surface area (Å²) in [6.07, 6.45) is 5.96. The van der Waals surface area contributed by atoms with E-state index in [1.807, 2.05) is 19.1 Å². The summed E-state index contributed by atoms with van der Waals surface area (Å²) >= 11 is 6.14. The highest BCUT2D eigenvalue weighted by Crippen LogP contribution is 2.37. The molecule has 0 radical (unpaired) electrons. The third kappa shape index (κ3) is 4.49. The van der Waals surface area contributed by atoms with Gasteiger partial charge in [0.15, 0.2) is 0 Å². The van der Waals surface area contributed by atoms with Crippen LogP contribution >= 0.6 is 11.6 Å². The summed E-state index contributed by atoms with van der Waals surface area (Å²) in [5.74, 6) is -1.21. The van der Waals surface area contributed by atoms with Gasteiger partial charge in [-0.25, -0.2) is 4.79 Å². The van der Waals surface area contributed by atoms with Crippen LogP contribution in [0.1, 0.15) is 42.6 Å². The number of rotatable bonds is 6. The van der Waals surface area contributed by atoms with Gasteiger partial charge in [0.1, 0.15) is 11.3 Å². The van der Waals surface area contributed by atoms with Gasteiger partial charge >= 0.3 is 5.97 Å². The predicted octanol–water partition coefficient (Wildman–Crippen LogP) is 3.69. The molecule has 1 rings (SSSR count). The molecule has 0 heterocycles. The van der Waals surface area contributed by atoms with E-state index in [0.29, 0.717) is 24.1 Å². The molecule has 0 saturated carbocycles. The number of amides is 1. The Balaban J connectivity index is 3.30. The molecular formula is C16H20ClNO4. The Hall–Kier alpha value is -2.01. The third-order valence-corrected chi connectivity index (χ3v) is 3.32. The van der Waals surface area contributed by atoms with Crippen molar-refractivity contribution in [3.8, 4) is 5.75 Å². The Morgan fingerprint density at radius 2 is 2.09 bits per heavy atom. The lowest BCUT2D eigenvalue weighted by Gasteiger charge is -2.16. The third-order valence-electron chi connectivity index (χ3n) is 3.02. The summed E-state index contributed by atoms with van der Waals surface area (Å²) in [6.45, 7) is 3.37. The first-order chi connectivity index (χ1) is 10.4. The van der Waals surface area contributed by atoms with Gasteiger partial charge in [-0.1, -0.05) is 30.7 Å². The minimum Gasteiger partial charge on any atom is -0.507 e. The van der Waals surface area contributed by atoms with Crippen LogP contribution in [0.3, 0.4) is 0 Å². The van der Waals surface area contributed by atoms with Crippen LogP contribution in [-0.2, 0) is 16.0 Å². The number of carbonyl (C=O) groups is 2. The van der Waals surface area contributed by atoms with Crippen molar-refractivity contribution in [2.75, 3.05) is 12.4 Å². The fourth-order valence-electron chi connectivity index (χ4n) is 2.02. The number of hydrogen-bond donors (Lipinski definition) is 2. The second kappa shape index (κ2) is 8.44. The molecule has 22 heavy (non-hydrogen) atoms. The number of hydrogen-bond acceptors (Lipinski definition) is 4. The van der Waals surface area contributed by atoms with Crippen LogP contribution < -0.4 is 5.32 Å². The Morgan fingerprint density at radius 3 is 2.64 bits per heavy atom. The summed E-state index contributed by atoms with van der Waals surface area (Å²) in [4.78, 5) is 23.0. The van der Waals surface area contributed by atoms with Crippen molar-refractivity contribution in [2.45, 2.75) is 33.1 Å². The van der Waals surface area contributed by atoms with E-state index in [4.69, 9.17) is 11.6 Å². The molecule has 120 valence electrons. The van der Waals surface area contributed by atoms with Crippen LogP contribution in [0.15, 0.2) is 18.2 Å². The SMILES string of the molecule is CCC=CCCc1c(O)c(C(=O)OC)cc(Cl)c1NC(C)=O. The van der Waals surface area contributed by atoms with Crippen molar-refractivity contribution < 1.29 is 19.4 Å². The Bertz CT molecular complexity index is 596. The Kier molecular flexibility index (Phi) is 6.92. The average Bonchev–Trinajstić information content (AvgIpc) is 2.48. The minimum absolute atomic E-state index is 0.0175. The molecule has 0 aliphatic heterocycles. The summed E-state index contributed by atoms with van der Waals surface area (Å²) in [7, 11) is 1.22. The van der Waals surface area contributed by atoms with Crippen molar-refractivity contribution in [2.24, 2.45) is 0 Å². The van der Waals surface area contributed by atoms with Gasteiger partial charge < -0.3 is 15.2 Å². The predicted molar refractivity (Wildman–Crippen MR) is 86.5 cm³/mol. The van der Waals surface area contributed by atoms with E-state index >= 15 is 0 Å². The highest BCUT2D eigenvalue weighted by atomic mass is 35.5. The number of anilines is 1. The van der Waals surface area contributed by atoms with E-state index in [1.165, 1.54) is 20.1 Å². The van der Waals surface area contributed by atoms with E-state index in [-0.39, 0.29) is 22.2 Å². The van der Waals surface area contributed by atoms with Crippen LogP contribution in [0.2, 0.25) is 5.02 Å². The lowest BCUT2D eigenvalue weighted by Crippen LogP contribution is -2.11. The van der Waals surface area contributed by atoms with Crippen molar-refractivity contribution >= 4 is 29.2 Å². The highest BCUT2D eigenvalue weighted by Gasteiger charge is 2.21. The minimum atomic E-state index is -0.681. The molecule has 0 atom stereocenters. The summed E-state index contributed by atoms with van der Waals surface area (Å²) < 4.78 is 4.63. The van der Waals surface area contributed by atoms with Crippen LogP contribution in [0.5, 0.6) is 5.75 Å². The van der Waals surface area contributed by atoms with Gasteiger partial charge in [-0.15, -0.1) is 0 Å². The number of halogens is 1. The quantitative estimate of drug-likeness (QED) is 0.618. The van der Waals surface area contributed by atoms with Crippen molar-refractivity contribution in [3.63, 3.8) is 0 Å². The van der Waals surface area contributed by atoms with Crippen molar-refractivity contribution in [3.05, 3.63) is 34.4 Å². The number of carbonyl (C=O) groups excluding carboxylic acids is 2. The number of nitrogens with one attached hydrogen (secondary N) is 1. The normalized spacial score (nSPS) is 10.7. The van der Waals surface area contributed by atoms with E-state index in [9.17, 15) is 14.7 Å². The van der Waals surface area contributed by atoms with E-state index in [2.05, 4.69) is 10.1 Å². The van der Waals surface area contributed by atoms with Gasteiger partial charge in [0.05, 0.1) is 17.8 Å². The maximum Gasteiger partial charge on any atom is 0.341 e. The number of phenols is 1.